The van der Waals surface area contributed by atoms with Crippen molar-refractivity contribution in [3.63, 3.8) is 0 Å². The van der Waals surface area contributed by atoms with Gasteiger partial charge in [-0.05, 0) is 43.4 Å². The minimum absolute atomic E-state index is 0.223. The smallest absolute Gasteiger partial charge is 0.0541 e. The molecule has 0 aromatic rings. The Balaban J connectivity index is 3.68. The molecule has 0 bridgehead atoms. The number of rotatable bonds is 9. The maximum atomic E-state index is 9.93. The predicted molar refractivity (Wildman–Crippen MR) is 78.6 cm³/mol. The van der Waals surface area contributed by atoms with E-state index >= 15 is 0 Å². The maximum Gasteiger partial charge on any atom is 0.0541 e. The summed E-state index contributed by atoms with van der Waals surface area (Å²) in [7, 11) is 0. The Morgan fingerprint density at radius 1 is 0.833 bits per heavy atom. The molecule has 2 nitrogen and oxygen atoms in total. The van der Waals surface area contributed by atoms with Crippen LogP contribution in [0.3, 0.4) is 0 Å². The van der Waals surface area contributed by atoms with E-state index in [1.165, 1.54) is 0 Å². The molecule has 0 amide bonds. The van der Waals surface area contributed by atoms with Crippen molar-refractivity contribution in [1.82, 2.24) is 0 Å². The van der Waals surface area contributed by atoms with Crippen molar-refractivity contribution < 1.29 is 10.2 Å². The van der Waals surface area contributed by atoms with Gasteiger partial charge in [0.05, 0.1) is 12.2 Å². The van der Waals surface area contributed by atoms with Gasteiger partial charge >= 0.3 is 0 Å². The summed E-state index contributed by atoms with van der Waals surface area (Å²) in [5.74, 6) is 0.622. The zero-order chi connectivity index (χ0) is 14.2. The third kappa shape index (κ3) is 8.93. The molecular weight excluding hydrogens is 224 g/mol. The van der Waals surface area contributed by atoms with Crippen LogP contribution in [0.4, 0.5) is 0 Å². The second kappa shape index (κ2) is 8.92. The van der Waals surface area contributed by atoms with Crippen molar-refractivity contribution in [3.05, 3.63) is 0 Å². The van der Waals surface area contributed by atoms with Gasteiger partial charge in [-0.15, -0.1) is 0 Å². The summed E-state index contributed by atoms with van der Waals surface area (Å²) < 4.78 is 0. The van der Waals surface area contributed by atoms with Gasteiger partial charge in [0.1, 0.15) is 0 Å². The van der Waals surface area contributed by atoms with Crippen LogP contribution in [0.15, 0.2) is 0 Å². The summed E-state index contributed by atoms with van der Waals surface area (Å²) in [6.07, 6.45) is 6.02. The highest BCUT2D eigenvalue weighted by atomic mass is 16.3. The second-order valence-corrected chi connectivity index (χ2v) is 6.87. The van der Waals surface area contributed by atoms with Gasteiger partial charge in [-0.2, -0.15) is 0 Å². The first kappa shape index (κ1) is 17.9. The number of aliphatic hydroxyl groups is 2. The van der Waals surface area contributed by atoms with Crippen LogP contribution in [0.2, 0.25) is 0 Å². The Bertz CT molecular complexity index is 196. The highest BCUT2D eigenvalue weighted by Crippen LogP contribution is 2.29. The topological polar surface area (TPSA) is 40.5 Å². The van der Waals surface area contributed by atoms with Crippen molar-refractivity contribution >= 4 is 0 Å². The lowest BCUT2D eigenvalue weighted by atomic mass is 9.79. The van der Waals surface area contributed by atoms with Crippen molar-refractivity contribution in [2.45, 2.75) is 91.8 Å². The van der Waals surface area contributed by atoms with Gasteiger partial charge in [-0.3, -0.25) is 0 Å². The van der Waals surface area contributed by atoms with E-state index in [4.69, 9.17) is 0 Å². The van der Waals surface area contributed by atoms with Crippen LogP contribution in [0.1, 0.15) is 79.6 Å². The van der Waals surface area contributed by atoms with E-state index in [9.17, 15) is 10.2 Å². The van der Waals surface area contributed by atoms with E-state index in [1.54, 1.807) is 0 Å². The van der Waals surface area contributed by atoms with Crippen LogP contribution in [-0.4, -0.2) is 22.4 Å². The molecule has 2 heteroatoms. The zero-order valence-electron chi connectivity index (χ0n) is 13.1. The molecule has 0 aliphatic carbocycles. The molecule has 0 aromatic carbocycles. The van der Waals surface area contributed by atoms with Gasteiger partial charge in [0.25, 0.3) is 0 Å². The quantitative estimate of drug-likeness (QED) is 0.652. The maximum absolute atomic E-state index is 9.93. The van der Waals surface area contributed by atoms with Gasteiger partial charge < -0.3 is 10.2 Å². The van der Waals surface area contributed by atoms with E-state index in [0.717, 1.165) is 44.9 Å². The summed E-state index contributed by atoms with van der Waals surface area (Å²) in [5, 5.41) is 19.7. The Labute approximate surface area is 114 Å². The highest BCUT2D eigenvalue weighted by Gasteiger charge is 2.20. The summed E-state index contributed by atoms with van der Waals surface area (Å²) in [5.41, 5.74) is 0.320. The summed E-state index contributed by atoms with van der Waals surface area (Å²) in [6.45, 7) is 11.1. The van der Waals surface area contributed by atoms with Crippen LogP contribution in [0, 0.1) is 11.3 Å². The molecule has 2 N–H and O–H groups in total. The van der Waals surface area contributed by atoms with Crippen LogP contribution in [0.25, 0.3) is 0 Å². The summed E-state index contributed by atoms with van der Waals surface area (Å²) in [4.78, 5) is 0. The SMILES string of the molecule is CCCCC(O)CCC(O)CCC(C)C(C)(C)C. The molecule has 0 fully saturated rings. The first-order valence-electron chi connectivity index (χ1n) is 7.63. The Kier molecular flexibility index (Phi) is 8.89. The largest absolute Gasteiger partial charge is 0.393 e. The lowest BCUT2D eigenvalue weighted by molar-refractivity contribution is 0.0938. The first-order valence-corrected chi connectivity index (χ1v) is 7.63. The fraction of sp³-hybridized carbons (Fsp3) is 1.00. The Hall–Kier alpha value is -0.0800. The van der Waals surface area contributed by atoms with E-state index < -0.39 is 0 Å². The molecule has 110 valence electrons. The van der Waals surface area contributed by atoms with Gasteiger partial charge in [0, 0.05) is 0 Å². The third-order valence-corrected chi connectivity index (χ3v) is 4.14. The van der Waals surface area contributed by atoms with Gasteiger partial charge in [-0.25, -0.2) is 0 Å². The minimum atomic E-state index is -0.244. The zero-order valence-corrected chi connectivity index (χ0v) is 13.1. The summed E-state index contributed by atoms with van der Waals surface area (Å²) in [6, 6.07) is 0. The third-order valence-electron chi connectivity index (χ3n) is 4.14. The number of hydrogen-bond acceptors (Lipinski definition) is 2. The average Bonchev–Trinajstić information content (AvgIpc) is 2.29. The molecule has 0 rings (SSSR count). The van der Waals surface area contributed by atoms with Crippen molar-refractivity contribution in [3.8, 4) is 0 Å². The van der Waals surface area contributed by atoms with Gasteiger partial charge in [0.15, 0.2) is 0 Å². The average molecular weight is 258 g/mol. The molecule has 0 aromatic heterocycles. The molecule has 3 unspecified atom stereocenters. The van der Waals surface area contributed by atoms with Crippen molar-refractivity contribution in [2.24, 2.45) is 11.3 Å². The molecule has 0 saturated carbocycles. The van der Waals surface area contributed by atoms with Crippen LogP contribution in [-0.2, 0) is 0 Å². The fourth-order valence-corrected chi connectivity index (χ4v) is 1.99. The summed E-state index contributed by atoms with van der Waals surface area (Å²) >= 11 is 0. The molecule has 3 atom stereocenters. The molecule has 18 heavy (non-hydrogen) atoms. The normalized spacial score (nSPS) is 17.5. The molecule has 0 spiro atoms. The molecule has 0 saturated heterocycles. The number of hydrogen-bond donors (Lipinski definition) is 2. The van der Waals surface area contributed by atoms with E-state index in [2.05, 4.69) is 34.6 Å². The van der Waals surface area contributed by atoms with Crippen LogP contribution >= 0.6 is 0 Å². The lowest BCUT2D eigenvalue weighted by Crippen LogP contribution is -2.20. The molecular formula is C16H34O2. The van der Waals surface area contributed by atoms with Crippen molar-refractivity contribution in [1.29, 1.82) is 0 Å². The number of unbranched alkanes of at least 4 members (excludes halogenated alkanes) is 1. The molecule has 0 aliphatic heterocycles. The lowest BCUT2D eigenvalue weighted by Gasteiger charge is -2.28. The van der Waals surface area contributed by atoms with E-state index in [-0.39, 0.29) is 12.2 Å². The van der Waals surface area contributed by atoms with E-state index in [1.807, 2.05) is 0 Å². The van der Waals surface area contributed by atoms with E-state index in [0.29, 0.717) is 11.3 Å². The predicted octanol–water partition coefficient (Wildman–Crippen LogP) is 4.14. The van der Waals surface area contributed by atoms with Crippen LogP contribution < -0.4 is 0 Å². The molecule has 0 heterocycles. The first-order chi connectivity index (χ1) is 8.27. The second-order valence-electron chi connectivity index (χ2n) is 6.87. The fourth-order valence-electron chi connectivity index (χ4n) is 1.99. The van der Waals surface area contributed by atoms with Crippen molar-refractivity contribution in [2.75, 3.05) is 0 Å². The Morgan fingerprint density at radius 2 is 1.28 bits per heavy atom. The molecule has 0 radical (unpaired) electrons. The Morgan fingerprint density at radius 3 is 1.72 bits per heavy atom. The molecule has 0 aliphatic rings. The monoisotopic (exact) mass is 258 g/mol. The van der Waals surface area contributed by atoms with Crippen LogP contribution in [0.5, 0.6) is 0 Å². The van der Waals surface area contributed by atoms with Gasteiger partial charge in [0.2, 0.25) is 0 Å². The highest BCUT2D eigenvalue weighted by molar-refractivity contribution is 4.72. The van der Waals surface area contributed by atoms with Gasteiger partial charge in [-0.1, -0.05) is 47.5 Å². The standard InChI is InChI=1S/C16H34O2/c1-6-7-8-14(17)11-12-15(18)10-9-13(2)16(3,4)5/h13-15,17-18H,6-12H2,1-5H3. The number of aliphatic hydroxyl groups excluding tert-OH is 2. The minimum Gasteiger partial charge on any atom is -0.393 e.